The summed E-state index contributed by atoms with van der Waals surface area (Å²) in [6, 6.07) is 9.49. The average molecular weight is 206 g/mol. The van der Waals surface area contributed by atoms with Crippen LogP contribution in [0.4, 0.5) is 0 Å². The zero-order valence-electron chi connectivity index (χ0n) is 8.64. The molecular weight excluding hydrogens is 192 g/mol. The second-order valence-corrected chi connectivity index (χ2v) is 3.06. The highest BCUT2D eigenvalue weighted by molar-refractivity contribution is 5.68. The van der Waals surface area contributed by atoms with Crippen LogP contribution in [-0.2, 0) is 9.53 Å². The summed E-state index contributed by atoms with van der Waals surface area (Å²) in [7, 11) is 0. The van der Waals surface area contributed by atoms with Crippen molar-refractivity contribution in [2.45, 2.75) is 6.92 Å². The normalized spacial score (nSPS) is 11.2. The predicted molar refractivity (Wildman–Crippen MR) is 58.1 cm³/mol. The summed E-state index contributed by atoms with van der Waals surface area (Å²) < 4.78 is 4.77. The standard InChI is InChI=1S/C12H14O3/c1-10(14)15-8-7-12(9-13)11-5-3-2-4-6-11/h2-7,13H,8-9H2,1H3/b12-7+. The van der Waals surface area contributed by atoms with Gasteiger partial charge >= 0.3 is 5.97 Å². The summed E-state index contributed by atoms with van der Waals surface area (Å²) in [6.07, 6.45) is 1.71. The molecule has 1 rings (SSSR count). The molecule has 0 amide bonds. The maximum atomic E-state index is 10.5. The maximum Gasteiger partial charge on any atom is 0.302 e. The van der Waals surface area contributed by atoms with Crippen LogP contribution in [0.5, 0.6) is 0 Å². The van der Waals surface area contributed by atoms with E-state index in [2.05, 4.69) is 0 Å². The highest BCUT2D eigenvalue weighted by Gasteiger charge is 1.99. The van der Waals surface area contributed by atoms with Gasteiger partial charge in [-0.3, -0.25) is 4.79 Å². The number of esters is 1. The zero-order chi connectivity index (χ0) is 11.1. The lowest BCUT2D eigenvalue weighted by atomic mass is 10.1. The molecule has 0 aliphatic rings. The van der Waals surface area contributed by atoms with Gasteiger partial charge in [0.15, 0.2) is 0 Å². The van der Waals surface area contributed by atoms with E-state index >= 15 is 0 Å². The molecule has 0 aliphatic carbocycles. The fourth-order valence-corrected chi connectivity index (χ4v) is 1.19. The van der Waals surface area contributed by atoms with Crippen molar-refractivity contribution < 1.29 is 14.6 Å². The van der Waals surface area contributed by atoms with Crippen LogP contribution in [0, 0.1) is 0 Å². The summed E-state index contributed by atoms with van der Waals surface area (Å²) in [6.45, 7) is 1.49. The molecule has 15 heavy (non-hydrogen) atoms. The van der Waals surface area contributed by atoms with E-state index in [1.54, 1.807) is 6.08 Å². The summed E-state index contributed by atoms with van der Waals surface area (Å²) in [5.41, 5.74) is 1.70. The molecule has 0 heterocycles. The smallest absolute Gasteiger partial charge is 0.302 e. The Bertz CT molecular complexity index is 341. The number of hydrogen-bond acceptors (Lipinski definition) is 3. The van der Waals surface area contributed by atoms with Gasteiger partial charge in [0.25, 0.3) is 0 Å². The molecule has 0 atom stereocenters. The van der Waals surface area contributed by atoms with Gasteiger partial charge in [-0.1, -0.05) is 30.3 Å². The predicted octanol–water partition coefficient (Wildman–Crippen LogP) is 1.63. The van der Waals surface area contributed by atoms with Crippen molar-refractivity contribution >= 4 is 11.5 Å². The summed E-state index contributed by atoms with van der Waals surface area (Å²) >= 11 is 0. The van der Waals surface area contributed by atoms with Crippen LogP contribution in [0.2, 0.25) is 0 Å². The minimum atomic E-state index is -0.323. The van der Waals surface area contributed by atoms with Crippen LogP contribution in [-0.4, -0.2) is 24.3 Å². The molecule has 3 heteroatoms. The molecule has 0 fully saturated rings. The lowest BCUT2D eigenvalue weighted by Crippen LogP contribution is -2.00. The number of rotatable bonds is 4. The van der Waals surface area contributed by atoms with Gasteiger partial charge < -0.3 is 9.84 Å². The first-order valence-electron chi connectivity index (χ1n) is 4.72. The van der Waals surface area contributed by atoms with E-state index in [9.17, 15) is 4.79 Å². The van der Waals surface area contributed by atoms with Crippen LogP contribution in [0.1, 0.15) is 12.5 Å². The molecule has 0 saturated carbocycles. The Labute approximate surface area is 89.0 Å². The van der Waals surface area contributed by atoms with Crippen molar-refractivity contribution in [3.05, 3.63) is 42.0 Å². The van der Waals surface area contributed by atoms with E-state index in [0.717, 1.165) is 11.1 Å². The van der Waals surface area contributed by atoms with Crippen molar-refractivity contribution in [1.29, 1.82) is 0 Å². The van der Waals surface area contributed by atoms with Crippen LogP contribution < -0.4 is 0 Å². The maximum absolute atomic E-state index is 10.5. The van der Waals surface area contributed by atoms with E-state index in [1.807, 2.05) is 30.3 Å². The van der Waals surface area contributed by atoms with Gasteiger partial charge in [0.1, 0.15) is 6.61 Å². The molecule has 1 N–H and O–H groups in total. The molecule has 80 valence electrons. The SMILES string of the molecule is CC(=O)OC/C=C(\CO)c1ccccc1. The first kappa shape index (κ1) is 11.5. The molecule has 0 spiro atoms. The molecule has 3 nitrogen and oxygen atoms in total. The van der Waals surface area contributed by atoms with E-state index in [4.69, 9.17) is 9.84 Å². The number of hydrogen-bond donors (Lipinski definition) is 1. The number of benzene rings is 1. The van der Waals surface area contributed by atoms with Gasteiger partial charge in [-0.25, -0.2) is 0 Å². The van der Waals surface area contributed by atoms with Crippen LogP contribution in [0.25, 0.3) is 5.57 Å². The van der Waals surface area contributed by atoms with Crippen molar-refractivity contribution in [2.75, 3.05) is 13.2 Å². The number of carbonyl (C=O) groups excluding carboxylic acids is 1. The highest BCUT2D eigenvalue weighted by atomic mass is 16.5. The van der Waals surface area contributed by atoms with Gasteiger partial charge in [0.05, 0.1) is 6.61 Å². The second-order valence-electron chi connectivity index (χ2n) is 3.06. The Morgan fingerprint density at radius 3 is 2.60 bits per heavy atom. The lowest BCUT2D eigenvalue weighted by Gasteiger charge is -2.04. The van der Waals surface area contributed by atoms with Crippen molar-refractivity contribution in [1.82, 2.24) is 0 Å². The van der Waals surface area contributed by atoms with E-state index < -0.39 is 0 Å². The Morgan fingerprint density at radius 2 is 2.07 bits per heavy atom. The van der Waals surface area contributed by atoms with Crippen LogP contribution >= 0.6 is 0 Å². The first-order valence-corrected chi connectivity index (χ1v) is 4.72. The van der Waals surface area contributed by atoms with Crippen LogP contribution in [0.15, 0.2) is 36.4 Å². The Morgan fingerprint density at radius 1 is 1.40 bits per heavy atom. The summed E-state index contributed by atoms with van der Waals surface area (Å²) in [4.78, 5) is 10.5. The molecule has 1 aromatic rings. The fourth-order valence-electron chi connectivity index (χ4n) is 1.19. The fraction of sp³-hybridized carbons (Fsp3) is 0.250. The van der Waals surface area contributed by atoms with E-state index in [0.29, 0.717) is 0 Å². The summed E-state index contributed by atoms with van der Waals surface area (Å²) in [5.74, 6) is -0.323. The third-order valence-corrected chi connectivity index (χ3v) is 1.93. The van der Waals surface area contributed by atoms with Gasteiger partial charge in [-0.15, -0.1) is 0 Å². The number of ether oxygens (including phenoxy) is 1. The number of carbonyl (C=O) groups is 1. The van der Waals surface area contributed by atoms with Gasteiger partial charge in [-0.05, 0) is 17.2 Å². The third kappa shape index (κ3) is 3.95. The van der Waals surface area contributed by atoms with Crippen molar-refractivity contribution in [3.63, 3.8) is 0 Å². The third-order valence-electron chi connectivity index (χ3n) is 1.93. The van der Waals surface area contributed by atoms with Gasteiger partial charge in [-0.2, -0.15) is 0 Å². The van der Waals surface area contributed by atoms with E-state index in [-0.39, 0.29) is 19.2 Å². The molecule has 0 aromatic heterocycles. The lowest BCUT2D eigenvalue weighted by molar-refractivity contribution is -0.139. The molecule has 1 aromatic carbocycles. The van der Waals surface area contributed by atoms with Gasteiger partial charge in [0.2, 0.25) is 0 Å². The quantitative estimate of drug-likeness (QED) is 0.761. The molecular formula is C12H14O3. The van der Waals surface area contributed by atoms with Crippen molar-refractivity contribution in [3.8, 4) is 0 Å². The second kappa shape index (κ2) is 5.98. The van der Waals surface area contributed by atoms with Gasteiger partial charge in [0, 0.05) is 6.92 Å². The highest BCUT2D eigenvalue weighted by Crippen LogP contribution is 2.12. The Hall–Kier alpha value is -1.61. The number of aliphatic hydroxyl groups excluding tert-OH is 1. The summed E-state index contributed by atoms with van der Waals surface area (Å²) in [5, 5.41) is 9.14. The topological polar surface area (TPSA) is 46.5 Å². The Balaban J connectivity index is 2.67. The molecule has 0 aliphatic heterocycles. The largest absolute Gasteiger partial charge is 0.462 e. The minimum absolute atomic E-state index is 0.0642. The minimum Gasteiger partial charge on any atom is -0.462 e. The first-order chi connectivity index (χ1) is 7.24. The monoisotopic (exact) mass is 206 g/mol. The molecule has 0 bridgehead atoms. The Kier molecular flexibility index (Phi) is 4.57. The van der Waals surface area contributed by atoms with E-state index in [1.165, 1.54) is 6.92 Å². The number of aliphatic hydroxyl groups is 1. The van der Waals surface area contributed by atoms with Crippen LogP contribution in [0.3, 0.4) is 0 Å². The molecule has 0 saturated heterocycles. The molecule has 0 unspecified atom stereocenters. The molecule has 0 radical (unpaired) electrons. The van der Waals surface area contributed by atoms with Crippen molar-refractivity contribution in [2.24, 2.45) is 0 Å². The zero-order valence-corrected chi connectivity index (χ0v) is 8.64. The average Bonchev–Trinajstić information content (AvgIpc) is 2.25.